The third-order valence-corrected chi connectivity index (χ3v) is 3.09. The van der Waals surface area contributed by atoms with Gasteiger partial charge in [0, 0.05) is 18.4 Å². The number of nitrogens with one attached hydrogen (secondary N) is 1. The highest BCUT2D eigenvalue weighted by atomic mass is 79.9. The Morgan fingerprint density at radius 1 is 1.32 bits per heavy atom. The Labute approximate surface area is 119 Å². The molecular formula is C14H14BrFN2O. The zero-order valence-corrected chi connectivity index (χ0v) is 12.1. The number of aromatic nitrogens is 1. The van der Waals surface area contributed by atoms with Gasteiger partial charge in [-0.05, 0) is 53.2 Å². The monoisotopic (exact) mass is 324 g/mol. The van der Waals surface area contributed by atoms with Crippen LogP contribution in [0, 0.1) is 5.82 Å². The Morgan fingerprint density at radius 3 is 2.89 bits per heavy atom. The number of ether oxygens (including phenoxy) is 1. The molecule has 0 bridgehead atoms. The number of halogens is 2. The Morgan fingerprint density at radius 2 is 2.16 bits per heavy atom. The average molecular weight is 325 g/mol. The molecule has 1 aromatic carbocycles. The third kappa shape index (κ3) is 3.92. The van der Waals surface area contributed by atoms with Gasteiger partial charge in [-0.25, -0.2) is 4.39 Å². The van der Waals surface area contributed by atoms with Gasteiger partial charge in [0.2, 0.25) is 0 Å². The zero-order chi connectivity index (χ0) is 13.7. The molecule has 0 radical (unpaired) electrons. The second-order valence-corrected chi connectivity index (χ2v) is 4.78. The van der Waals surface area contributed by atoms with E-state index in [9.17, 15) is 4.39 Å². The predicted molar refractivity (Wildman–Crippen MR) is 76.8 cm³/mol. The van der Waals surface area contributed by atoms with E-state index in [1.807, 2.05) is 19.1 Å². The van der Waals surface area contributed by atoms with Crippen molar-refractivity contribution in [3.05, 3.63) is 52.5 Å². The van der Waals surface area contributed by atoms with Crippen LogP contribution in [0.4, 0.5) is 10.1 Å². The van der Waals surface area contributed by atoms with Crippen LogP contribution in [0.5, 0.6) is 5.75 Å². The lowest BCUT2D eigenvalue weighted by Gasteiger charge is -2.09. The van der Waals surface area contributed by atoms with Crippen LogP contribution in [0.1, 0.15) is 12.6 Å². The molecule has 2 rings (SSSR count). The molecule has 19 heavy (non-hydrogen) atoms. The fraction of sp³-hybridized carbons (Fsp3) is 0.214. The van der Waals surface area contributed by atoms with Crippen LogP contribution in [-0.4, -0.2) is 11.5 Å². The van der Waals surface area contributed by atoms with E-state index in [2.05, 4.69) is 26.2 Å². The molecule has 0 unspecified atom stereocenters. The number of hydrogen-bond acceptors (Lipinski definition) is 3. The fourth-order valence-electron chi connectivity index (χ4n) is 1.62. The lowest BCUT2D eigenvalue weighted by Crippen LogP contribution is -2.02. The molecule has 3 nitrogen and oxygen atoms in total. The number of benzene rings is 1. The number of hydrogen-bond donors (Lipinski definition) is 1. The molecule has 2 aromatic rings. The summed E-state index contributed by atoms with van der Waals surface area (Å²) in [6, 6.07) is 8.16. The van der Waals surface area contributed by atoms with Crippen molar-refractivity contribution in [3.63, 3.8) is 0 Å². The lowest BCUT2D eigenvalue weighted by molar-refractivity contribution is 0.299. The van der Waals surface area contributed by atoms with E-state index in [1.165, 1.54) is 12.1 Å². The van der Waals surface area contributed by atoms with Crippen molar-refractivity contribution >= 4 is 21.6 Å². The number of rotatable bonds is 5. The molecule has 1 aromatic heterocycles. The summed E-state index contributed by atoms with van der Waals surface area (Å²) in [4.78, 5) is 4.23. The van der Waals surface area contributed by atoms with E-state index in [4.69, 9.17) is 4.74 Å². The molecule has 0 atom stereocenters. The third-order valence-electron chi connectivity index (χ3n) is 2.47. The molecule has 0 amide bonds. The van der Waals surface area contributed by atoms with Gasteiger partial charge in [-0.3, -0.25) is 4.98 Å². The summed E-state index contributed by atoms with van der Waals surface area (Å²) in [7, 11) is 0. The van der Waals surface area contributed by atoms with Crippen molar-refractivity contribution in [2.75, 3.05) is 11.9 Å². The second-order valence-electron chi connectivity index (χ2n) is 3.93. The van der Waals surface area contributed by atoms with E-state index < -0.39 is 0 Å². The van der Waals surface area contributed by atoms with Crippen molar-refractivity contribution in [3.8, 4) is 5.75 Å². The van der Waals surface area contributed by atoms with Gasteiger partial charge in [-0.15, -0.1) is 0 Å². The summed E-state index contributed by atoms with van der Waals surface area (Å²) in [5.74, 6) is 0.295. The minimum Gasteiger partial charge on any atom is -0.486 e. The molecule has 0 aliphatic carbocycles. The Bertz CT molecular complexity index is 563. The van der Waals surface area contributed by atoms with Gasteiger partial charge in [0.05, 0.1) is 10.2 Å². The largest absolute Gasteiger partial charge is 0.486 e. The SMILES string of the molecule is CCNc1ccnc(COc2ccc(F)cc2Br)c1. The smallest absolute Gasteiger partial charge is 0.134 e. The van der Waals surface area contributed by atoms with Crippen LogP contribution in [-0.2, 0) is 6.61 Å². The molecule has 1 N–H and O–H groups in total. The number of anilines is 1. The van der Waals surface area contributed by atoms with Crippen molar-refractivity contribution in [1.82, 2.24) is 4.98 Å². The van der Waals surface area contributed by atoms with Crippen molar-refractivity contribution in [2.24, 2.45) is 0 Å². The van der Waals surface area contributed by atoms with Crippen LogP contribution in [0.25, 0.3) is 0 Å². The van der Waals surface area contributed by atoms with Gasteiger partial charge >= 0.3 is 0 Å². The molecule has 0 saturated heterocycles. The molecular weight excluding hydrogens is 311 g/mol. The van der Waals surface area contributed by atoms with Gasteiger partial charge in [0.1, 0.15) is 18.2 Å². The minimum atomic E-state index is -0.300. The molecule has 0 aliphatic rings. The summed E-state index contributed by atoms with van der Waals surface area (Å²) in [6.45, 7) is 3.23. The highest BCUT2D eigenvalue weighted by molar-refractivity contribution is 9.10. The molecule has 0 fully saturated rings. The molecule has 100 valence electrons. The van der Waals surface area contributed by atoms with Crippen molar-refractivity contribution in [2.45, 2.75) is 13.5 Å². The first-order valence-corrected chi connectivity index (χ1v) is 6.75. The maximum Gasteiger partial charge on any atom is 0.134 e. The Kier molecular flexibility index (Phi) is 4.74. The summed E-state index contributed by atoms with van der Waals surface area (Å²) in [6.07, 6.45) is 1.73. The van der Waals surface area contributed by atoms with Crippen molar-refractivity contribution in [1.29, 1.82) is 0 Å². The fourth-order valence-corrected chi connectivity index (χ4v) is 2.08. The summed E-state index contributed by atoms with van der Waals surface area (Å²) in [5.41, 5.74) is 1.82. The highest BCUT2D eigenvalue weighted by Gasteiger charge is 2.04. The van der Waals surface area contributed by atoms with Gasteiger partial charge in [0.15, 0.2) is 0 Å². The summed E-state index contributed by atoms with van der Waals surface area (Å²) < 4.78 is 19.1. The normalized spacial score (nSPS) is 10.3. The van der Waals surface area contributed by atoms with Gasteiger partial charge in [-0.1, -0.05) is 0 Å². The van der Waals surface area contributed by atoms with E-state index in [1.54, 1.807) is 12.3 Å². The summed E-state index contributed by atoms with van der Waals surface area (Å²) in [5, 5.41) is 3.21. The first-order valence-electron chi connectivity index (χ1n) is 5.95. The average Bonchev–Trinajstić information content (AvgIpc) is 2.38. The van der Waals surface area contributed by atoms with Crippen LogP contribution in [0.3, 0.4) is 0 Å². The highest BCUT2D eigenvalue weighted by Crippen LogP contribution is 2.26. The molecule has 0 aliphatic heterocycles. The van der Waals surface area contributed by atoms with Gasteiger partial charge in [-0.2, -0.15) is 0 Å². The number of nitrogens with zero attached hydrogens (tertiary/aromatic N) is 1. The van der Waals surface area contributed by atoms with Crippen LogP contribution in [0.2, 0.25) is 0 Å². The van der Waals surface area contributed by atoms with E-state index in [0.717, 1.165) is 17.9 Å². The zero-order valence-electron chi connectivity index (χ0n) is 10.5. The molecule has 1 heterocycles. The Balaban J connectivity index is 2.03. The van der Waals surface area contributed by atoms with Crippen LogP contribution >= 0.6 is 15.9 Å². The molecule has 5 heteroatoms. The molecule has 0 spiro atoms. The van der Waals surface area contributed by atoms with E-state index in [0.29, 0.717) is 16.8 Å². The quantitative estimate of drug-likeness (QED) is 0.902. The number of pyridine rings is 1. The van der Waals surface area contributed by atoms with E-state index in [-0.39, 0.29) is 5.82 Å². The van der Waals surface area contributed by atoms with Crippen molar-refractivity contribution < 1.29 is 9.13 Å². The Hall–Kier alpha value is -1.62. The lowest BCUT2D eigenvalue weighted by atomic mass is 10.3. The van der Waals surface area contributed by atoms with E-state index >= 15 is 0 Å². The predicted octanol–water partition coefficient (Wildman–Crippen LogP) is 3.99. The summed E-state index contributed by atoms with van der Waals surface area (Å²) >= 11 is 3.26. The van der Waals surface area contributed by atoms with Gasteiger partial charge in [0.25, 0.3) is 0 Å². The van der Waals surface area contributed by atoms with Gasteiger partial charge < -0.3 is 10.1 Å². The van der Waals surface area contributed by atoms with Crippen LogP contribution in [0.15, 0.2) is 41.0 Å². The topological polar surface area (TPSA) is 34.2 Å². The minimum absolute atomic E-state index is 0.300. The second kappa shape index (κ2) is 6.52. The van der Waals surface area contributed by atoms with Crippen LogP contribution < -0.4 is 10.1 Å². The molecule has 0 saturated carbocycles. The standard InChI is InChI=1S/C14H14BrFN2O/c1-2-17-11-5-6-18-12(8-11)9-19-14-4-3-10(16)7-13(14)15/h3-8H,2,9H2,1H3,(H,17,18). The maximum atomic E-state index is 12.9. The first kappa shape index (κ1) is 13.8. The first-order chi connectivity index (χ1) is 9.19. The maximum absolute atomic E-state index is 12.9.